The molecule has 0 amide bonds. The van der Waals surface area contributed by atoms with E-state index in [1.54, 1.807) is 0 Å². The third-order valence-corrected chi connectivity index (χ3v) is 5.06. The van der Waals surface area contributed by atoms with Crippen LogP contribution in [0.15, 0.2) is 57.5 Å². The van der Waals surface area contributed by atoms with Crippen molar-refractivity contribution in [2.75, 3.05) is 19.8 Å². The van der Waals surface area contributed by atoms with Gasteiger partial charge in [0.25, 0.3) is 0 Å². The van der Waals surface area contributed by atoms with Gasteiger partial charge in [0.05, 0.1) is 10.9 Å². The van der Waals surface area contributed by atoms with Crippen LogP contribution in [0, 0.1) is 0 Å². The number of hydrogen-bond acceptors (Lipinski definition) is 5. The minimum absolute atomic E-state index is 0.0684. The van der Waals surface area contributed by atoms with Crippen LogP contribution in [-0.4, -0.2) is 19.8 Å². The van der Waals surface area contributed by atoms with Gasteiger partial charge in [-0.1, -0.05) is 25.0 Å². The van der Waals surface area contributed by atoms with E-state index in [9.17, 15) is 4.79 Å². The third-order valence-electron chi connectivity index (χ3n) is 5.06. The van der Waals surface area contributed by atoms with Crippen molar-refractivity contribution in [1.29, 1.82) is 0 Å². The second-order valence-corrected chi connectivity index (χ2v) is 7.64. The minimum atomic E-state index is -0.0684. The summed E-state index contributed by atoms with van der Waals surface area (Å²) >= 11 is 0. The Morgan fingerprint density at radius 1 is 1.10 bits per heavy atom. The third kappa shape index (κ3) is 4.06. The smallest absolute Gasteiger partial charge is 0.200 e. The van der Waals surface area contributed by atoms with Gasteiger partial charge < -0.3 is 18.6 Å². The van der Waals surface area contributed by atoms with E-state index >= 15 is 0 Å². The molecule has 5 nitrogen and oxygen atoms in total. The van der Waals surface area contributed by atoms with E-state index in [4.69, 9.17) is 18.6 Å². The minimum Gasteiger partial charge on any atom is -0.489 e. The van der Waals surface area contributed by atoms with Crippen LogP contribution < -0.4 is 19.6 Å². The van der Waals surface area contributed by atoms with Crippen LogP contribution in [0.25, 0.3) is 22.1 Å². The number of allylic oxidation sites excluding steroid dienone is 1. The second kappa shape index (κ2) is 8.66. The Hall–Kier alpha value is -3.21. The van der Waals surface area contributed by atoms with Crippen LogP contribution in [-0.2, 0) is 6.42 Å². The van der Waals surface area contributed by atoms with Crippen molar-refractivity contribution in [3.05, 3.63) is 64.0 Å². The Balaban J connectivity index is 1.76. The summed E-state index contributed by atoms with van der Waals surface area (Å²) in [6, 6.07) is 9.25. The molecule has 156 valence electrons. The normalized spacial score (nSPS) is 12.6. The molecule has 1 aliphatic rings. The lowest BCUT2D eigenvalue weighted by atomic mass is 10.0. The number of benzene rings is 2. The molecule has 0 unspecified atom stereocenters. The standard InChI is InChI=1S/C25H26O5/c1-4-5-18-12-19-23(14-22(18)27-9-8-16(2)3)30-15-20(25(19)26)17-6-7-21-24(13-17)29-11-10-28-21/h6-8,12-15H,4-5,9-11H2,1-3H3. The van der Waals surface area contributed by atoms with Crippen molar-refractivity contribution < 1.29 is 18.6 Å². The summed E-state index contributed by atoms with van der Waals surface area (Å²) in [6.45, 7) is 7.70. The highest BCUT2D eigenvalue weighted by molar-refractivity contribution is 5.84. The molecule has 4 rings (SSSR count). The summed E-state index contributed by atoms with van der Waals surface area (Å²) in [4.78, 5) is 13.3. The molecule has 0 N–H and O–H groups in total. The Morgan fingerprint density at radius 3 is 2.67 bits per heavy atom. The van der Waals surface area contributed by atoms with E-state index < -0.39 is 0 Å². The highest BCUT2D eigenvalue weighted by Gasteiger charge is 2.17. The lowest BCUT2D eigenvalue weighted by Crippen LogP contribution is -2.15. The fourth-order valence-electron chi connectivity index (χ4n) is 3.51. The van der Waals surface area contributed by atoms with E-state index in [1.807, 2.05) is 50.3 Å². The summed E-state index contributed by atoms with van der Waals surface area (Å²) in [7, 11) is 0. The van der Waals surface area contributed by atoms with Gasteiger partial charge in [-0.05, 0) is 55.7 Å². The average molecular weight is 406 g/mol. The zero-order valence-corrected chi connectivity index (χ0v) is 17.6. The lowest BCUT2D eigenvalue weighted by Gasteiger charge is -2.18. The molecular formula is C25H26O5. The molecule has 1 aliphatic heterocycles. The van der Waals surface area contributed by atoms with Crippen LogP contribution in [0.5, 0.6) is 17.2 Å². The molecule has 0 spiro atoms. The maximum Gasteiger partial charge on any atom is 0.200 e. The molecule has 5 heteroatoms. The zero-order valence-electron chi connectivity index (χ0n) is 17.6. The van der Waals surface area contributed by atoms with Gasteiger partial charge in [0.1, 0.15) is 37.4 Å². The average Bonchev–Trinajstić information content (AvgIpc) is 2.74. The van der Waals surface area contributed by atoms with Crippen molar-refractivity contribution in [3.8, 4) is 28.4 Å². The molecule has 0 radical (unpaired) electrons. The van der Waals surface area contributed by atoms with Crippen molar-refractivity contribution in [1.82, 2.24) is 0 Å². The highest BCUT2D eigenvalue weighted by atomic mass is 16.6. The number of hydrogen-bond donors (Lipinski definition) is 0. The van der Waals surface area contributed by atoms with Crippen LogP contribution in [0.3, 0.4) is 0 Å². The monoisotopic (exact) mass is 406 g/mol. The highest BCUT2D eigenvalue weighted by Crippen LogP contribution is 2.34. The number of aryl methyl sites for hydroxylation is 1. The van der Waals surface area contributed by atoms with Crippen molar-refractivity contribution in [2.24, 2.45) is 0 Å². The molecule has 0 fully saturated rings. The van der Waals surface area contributed by atoms with Gasteiger partial charge in [-0.2, -0.15) is 0 Å². The molecule has 3 aromatic rings. The van der Waals surface area contributed by atoms with Gasteiger partial charge in [0, 0.05) is 6.07 Å². The topological polar surface area (TPSA) is 57.9 Å². The molecule has 0 bridgehead atoms. The summed E-state index contributed by atoms with van der Waals surface area (Å²) in [6.07, 6.45) is 5.32. The maximum absolute atomic E-state index is 13.3. The van der Waals surface area contributed by atoms with Gasteiger partial charge >= 0.3 is 0 Å². The summed E-state index contributed by atoms with van der Waals surface area (Å²) in [5, 5.41) is 0.556. The van der Waals surface area contributed by atoms with Crippen molar-refractivity contribution >= 4 is 11.0 Å². The molecule has 30 heavy (non-hydrogen) atoms. The van der Waals surface area contributed by atoms with Gasteiger partial charge in [-0.15, -0.1) is 0 Å². The van der Waals surface area contributed by atoms with Crippen molar-refractivity contribution in [3.63, 3.8) is 0 Å². The first kappa shape index (κ1) is 20.1. The number of ether oxygens (including phenoxy) is 3. The Labute approximate surface area is 175 Å². The zero-order chi connectivity index (χ0) is 21.1. The van der Waals surface area contributed by atoms with Gasteiger partial charge in [0.15, 0.2) is 11.5 Å². The maximum atomic E-state index is 13.3. The van der Waals surface area contributed by atoms with Gasteiger partial charge in [-0.25, -0.2) is 0 Å². The Bertz CT molecular complexity index is 1150. The fraction of sp³-hybridized carbons (Fsp3) is 0.320. The lowest BCUT2D eigenvalue weighted by molar-refractivity contribution is 0.171. The first-order chi connectivity index (χ1) is 14.6. The van der Waals surface area contributed by atoms with Crippen LogP contribution >= 0.6 is 0 Å². The fourth-order valence-corrected chi connectivity index (χ4v) is 3.51. The summed E-state index contributed by atoms with van der Waals surface area (Å²) in [5.41, 5.74) is 3.91. The predicted molar refractivity (Wildman–Crippen MR) is 118 cm³/mol. The van der Waals surface area contributed by atoms with E-state index in [2.05, 4.69) is 6.92 Å². The quantitative estimate of drug-likeness (QED) is 0.504. The summed E-state index contributed by atoms with van der Waals surface area (Å²) < 4.78 is 23.0. The molecule has 2 heterocycles. The Morgan fingerprint density at radius 2 is 1.90 bits per heavy atom. The molecule has 1 aromatic heterocycles. The Kier molecular flexibility index (Phi) is 5.79. The van der Waals surface area contributed by atoms with Crippen LogP contribution in [0.2, 0.25) is 0 Å². The molecule has 0 aliphatic carbocycles. The van der Waals surface area contributed by atoms with Gasteiger partial charge in [-0.3, -0.25) is 4.79 Å². The van der Waals surface area contributed by atoms with Gasteiger partial charge in [0.2, 0.25) is 5.43 Å². The molecule has 2 aromatic carbocycles. The van der Waals surface area contributed by atoms with E-state index in [1.165, 1.54) is 11.8 Å². The predicted octanol–water partition coefficient (Wildman–Crippen LogP) is 5.53. The molecule has 0 saturated heterocycles. The van der Waals surface area contributed by atoms with E-state index in [0.717, 1.165) is 29.7 Å². The molecular weight excluding hydrogens is 380 g/mol. The molecule has 0 atom stereocenters. The first-order valence-electron chi connectivity index (χ1n) is 10.3. The van der Waals surface area contributed by atoms with Crippen LogP contribution in [0.4, 0.5) is 0 Å². The largest absolute Gasteiger partial charge is 0.489 e. The SMILES string of the molecule is CCCc1cc2c(=O)c(-c3ccc4c(c3)OCCO4)coc2cc1OCC=C(C)C. The molecule has 0 saturated carbocycles. The number of fused-ring (bicyclic) bond motifs is 2. The summed E-state index contributed by atoms with van der Waals surface area (Å²) in [5.74, 6) is 2.10. The van der Waals surface area contributed by atoms with Crippen LogP contribution in [0.1, 0.15) is 32.8 Å². The van der Waals surface area contributed by atoms with E-state index in [-0.39, 0.29) is 5.43 Å². The van der Waals surface area contributed by atoms with Crippen molar-refractivity contribution in [2.45, 2.75) is 33.6 Å². The number of rotatable bonds is 6. The second-order valence-electron chi connectivity index (χ2n) is 7.64. The van der Waals surface area contributed by atoms with E-state index in [0.29, 0.717) is 47.9 Å². The first-order valence-corrected chi connectivity index (χ1v) is 10.3.